The number of nitrogens with zero attached hydrogens (tertiary/aromatic N) is 2. The van der Waals surface area contributed by atoms with Crippen LogP contribution in [0.5, 0.6) is 11.5 Å². The molecular formula is C21H19F2N3O2. The van der Waals surface area contributed by atoms with Crippen molar-refractivity contribution in [2.75, 3.05) is 18.5 Å². The third-order valence-electron chi connectivity index (χ3n) is 4.12. The Morgan fingerprint density at radius 1 is 1.07 bits per heavy atom. The van der Waals surface area contributed by atoms with Crippen LogP contribution in [0.2, 0.25) is 0 Å². The maximum atomic E-state index is 13.5. The summed E-state index contributed by atoms with van der Waals surface area (Å²) in [6, 6.07) is 9.35. The molecular weight excluding hydrogens is 364 g/mol. The molecule has 1 aromatic heterocycles. The van der Waals surface area contributed by atoms with Gasteiger partial charge in [0.25, 0.3) is 0 Å². The summed E-state index contributed by atoms with van der Waals surface area (Å²) in [5, 5.41) is 13.3. The van der Waals surface area contributed by atoms with Gasteiger partial charge < -0.3 is 14.8 Å². The van der Waals surface area contributed by atoms with Gasteiger partial charge in [0.05, 0.1) is 24.5 Å². The standard InChI is InChI=1S/C21H19F2N3O2/c1-3-27-18-8-6-15-19(25-11-13-5-7-16(22)17(23)9-13)14(10-24)12-26-20(15)21(18)28-4-2/h5-9,12H,3-4,11H2,1-2H3,(H,25,26). The molecule has 0 bridgehead atoms. The lowest BCUT2D eigenvalue weighted by atomic mass is 10.1. The van der Waals surface area contributed by atoms with Gasteiger partial charge in [0, 0.05) is 18.1 Å². The Kier molecular flexibility index (Phi) is 5.90. The van der Waals surface area contributed by atoms with E-state index in [1.807, 2.05) is 13.8 Å². The molecule has 2 aromatic carbocycles. The number of aromatic nitrogens is 1. The predicted molar refractivity (Wildman–Crippen MR) is 102 cm³/mol. The van der Waals surface area contributed by atoms with E-state index in [0.717, 1.165) is 12.1 Å². The summed E-state index contributed by atoms with van der Waals surface area (Å²) >= 11 is 0. The molecule has 3 aromatic rings. The maximum absolute atomic E-state index is 13.5. The molecule has 7 heteroatoms. The van der Waals surface area contributed by atoms with Crippen LogP contribution >= 0.6 is 0 Å². The van der Waals surface area contributed by atoms with Gasteiger partial charge in [0.15, 0.2) is 23.1 Å². The van der Waals surface area contributed by atoms with Gasteiger partial charge in [-0.2, -0.15) is 5.26 Å². The van der Waals surface area contributed by atoms with E-state index in [-0.39, 0.29) is 6.54 Å². The number of pyridine rings is 1. The van der Waals surface area contributed by atoms with Crippen molar-refractivity contribution >= 4 is 16.6 Å². The SMILES string of the molecule is CCOc1ccc2c(NCc3ccc(F)c(F)c3)c(C#N)cnc2c1OCC. The Balaban J connectivity index is 2.05. The first-order valence-electron chi connectivity index (χ1n) is 8.88. The second-order valence-corrected chi connectivity index (χ2v) is 5.92. The quantitative estimate of drug-likeness (QED) is 0.635. The average molecular weight is 383 g/mol. The normalized spacial score (nSPS) is 10.5. The minimum atomic E-state index is -0.917. The molecule has 3 rings (SSSR count). The maximum Gasteiger partial charge on any atom is 0.187 e. The van der Waals surface area contributed by atoms with Crippen molar-refractivity contribution in [3.63, 3.8) is 0 Å². The molecule has 0 amide bonds. The highest BCUT2D eigenvalue weighted by atomic mass is 19.2. The second-order valence-electron chi connectivity index (χ2n) is 5.92. The van der Waals surface area contributed by atoms with Crippen molar-refractivity contribution in [3.8, 4) is 17.6 Å². The van der Waals surface area contributed by atoms with Crippen LogP contribution in [0.1, 0.15) is 25.0 Å². The summed E-state index contributed by atoms with van der Waals surface area (Å²) in [6.45, 7) is 4.85. The summed E-state index contributed by atoms with van der Waals surface area (Å²) in [5.41, 5.74) is 1.98. The Labute approximate surface area is 161 Å². The highest BCUT2D eigenvalue weighted by molar-refractivity contribution is 5.98. The third-order valence-corrected chi connectivity index (χ3v) is 4.12. The minimum Gasteiger partial charge on any atom is -0.490 e. The van der Waals surface area contributed by atoms with Gasteiger partial charge in [-0.05, 0) is 43.7 Å². The Hall–Kier alpha value is -3.40. The van der Waals surface area contributed by atoms with Crippen molar-refractivity contribution in [2.24, 2.45) is 0 Å². The zero-order chi connectivity index (χ0) is 20.1. The Bertz CT molecular complexity index is 1050. The smallest absolute Gasteiger partial charge is 0.187 e. The van der Waals surface area contributed by atoms with Crippen LogP contribution in [0.15, 0.2) is 36.5 Å². The molecule has 0 atom stereocenters. The van der Waals surface area contributed by atoms with Crippen LogP contribution in [0, 0.1) is 23.0 Å². The zero-order valence-corrected chi connectivity index (χ0v) is 15.6. The summed E-state index contributed by atoms with van der Waals surface area (Å²) < 4.78 is 38.0. The fourth-order valence-corrected chi connectivity index (χ4v) is 2.89. The van der Waals surface area contributed by atoms with Gasteiger partial charge in [0.1, 0.15) is 11.6 Å². The average Bonchev–Trinajstić information content (AvgIpc) is 2.70. The highest BCUT2D eigenvalue weighted by Gasteiger charge is 2.16. The lowest BCUT2D eigenvalue weighted by Crippen LogP contribution is -2.05. The number of anilines is 1. The number of halogens is 2. The summed E-state index contributed by atoms with van der Waals surface area (Å²) in [5.74, 6) is -0.747. The van der Waals surface area contributed by atoms with E-state index < -0.39 is 11.6 Å². The number of benzene rings is 2. The number of rotatable bonds is 7. The lowest BCUT2D eigenvalue weighted by molar-refractivity contribution is 0.290. The molecule has 1 N–H and O–H groups in total. The number of ether oxygens (including phenoxy) is 2. The third kappa shape index (κ3) is 3.81. The first kappa shape index (κ1) is 19.4. The fourth-order valence-electron chi connectivity index (χ4n) is 2.89. The molecule has 144 valence electrons. The molecule has 1 heterocycles. The van der Waals surface area contributed by atoms with Gasteiger partial charge in [-0.3, -0.25) is 4.98 Å². The molecule has 0 unspecified atom stereocenters. The first-order chi connectivity index (χ1) is 13.6. The van der Waals surface area contributed by atoms with Crippen LogP contribution in [0.25, 0.3) is 10.9 Å². The first-order valence-corrected chi connectivity index (χ1v) is 8.88. The van der Waals surface area contributed by atoms with Crippen molar-refractivity contribution < 1.29 is 18.3 Å². The second kappa shape index (κ2) is 8.53. The number of nitriles is 1. The van der Waals surface area contributed by atoms with Crippen molar-refractivity contribution in [1.29, 1.82) is 5.26 Å². The van der Waals surface area contributed by atoms with Crippen molar-refractivity contribution in [1.82, 2.24) is 4.98 Å². The Morgan fingerprint density at radius 2 is 1.86 bits per heavy atom. The number of nitrogens with one attached hydrogen (secondary N) is 1. The van der Waals surface area contributed by atoms with Crippen LogP contribution in [-0.2, 0) is 6.54 Å². The van der Waals surface area contributed by atoms with E-state index in [1.54, 1.807) is 12.1 Å². The molecule has 0 spiro atoms. The van der Waals surface area contributed by atoms with E-state index in [0.29, 0.717) is 52.4 Å². The highest BCUT2D eigenvalue weighted by Crippen LogP contribution is 2.38. The van der Waals surface area contributed by atoms with Gasteiger partial charge in [0.2, 0.25) is 0 Å². The van der Waals surface area contributed by atoms with Crippen molar-refractivity contribution in [2.45, 2.75) is 20.4 Å². The van der Waals surface area contributed by atoms with Crippen LogP contribution in [0.3, 0.4) is 0 Å². The van der Waals surface area contributed by atoms with Gasteiger partial charge in [-0.1, -0.05) is 6.07 Å². The van der Waals surface area contributed by atoms with Crippen LogP contribution in [-0.4, -0.2) is 18.2 Å². The number of hydrogen-bond donors (Lipinski definition) is 1. The van der Waals surface area contributed by atoms with Crippen LogP contribution < -0.4 is 14.8 Å². The molecule has 0 aliphatic carbocycles. The molecule has 0 fully saturated rings. The van der Waals surface area contributed by atoms with Gasteiger partial charge in [-0.25, -0.2) is 8.78 Å². The number of fused-ring (bicyclic) bond motifs is 1. The molecule has 0 aliphatic rings. The summed E-state index contributed by atoms with van der Waals surface area (Å²) in [6.07, 6.45) is 1.45. The van der Waals surface area contributed by atoms with Crippen molar-refractivity contribution in [3.05, 3.63) is 59.3 Å². The lowest BCUT2D eigenvalue weighted by Gasteiger charge is -2.16. The van der Waals surface area contributed by atoms with E-state index in [2.05, 4.69) is 16.4 Å². The molecule has 0 aliphatic heterocycles. The van der Waals surface area contributed by atoms with E-state index in [9.17, 15) is 14.0 Å². The van der Waals surface area contributed by atoms with Gasteiger partial charge >= 0.3 is 0 Å². The molecule has 0 saturated carbocycles. The summed E-state index contributed by atoms with van der Waals surface area (Å²) in [7, 11) is 0. The monoisotopic (exact) mass is 383 g/mol. The minimum absolute atomic E-state index is 0.210. The largest absolute Gasteiger partial charge is 0.490 e. The topological polar surface area (TPSA) is 67.2 Å². The van der Waals surface area contributed by atoms with E-state index in [1.165, 1.54) is 12.3 Å². The molecule has 28 heavy (non-hydrogen) atoms. The van der Waals surface area contributed by atoms with Gasteiger partial charge in [-0.15, -0.1) is 0 Å². The molecule has 0 saturated heterocycles. The Morgan fingerprint density at radius 3 is 2.54 bits per heavy atom. The van der Waals surface area contributed by atoms with E-state index >= 15 is 0 Å². The zero-order valence-electron chi connectivity index (χ0n) is 15.6. The molecule has 5 nitrogen and oxygen atoms in total. The van der Waals surface area contributed by atoms with Crippen LogP contribution in [0.4, 0.5) is 14.5 Å². The molecule has 0 radical (unpaired) electrons. The fraction of sp³-hybridized carbons (Fsp3) is 0.238. The van der Waals surface area contributed by atoms with E-state index in [4.69, 9.17) is 9.47 Å². The number of hydrogen-bond acceptors (Lipinski definition) is 5. The summed E-state index contributed by atoms with van der Waals surface area (Å²) in [4.78, 5) is 4.38. The predicted octanol–water partition coefficient (Wildman–Crippen LogP) is 4.79.